The van der Waals surface area contributed by atoms with Gasteiger partial charge in [-0.1, -0.05) is 30.3 Å². The number of ketones is 1. The number of amides is 1. The zero-order chi connectivity index (χ0) is 16.1. The minimum absolute atomic E-state index is 0.000404. The molecule has 5 heteroatoms. The summed E-state index contributed by atoms with van der Waals surface area (Å²) in [4.78, 5) is 29.8. The molecule has 0 aliphatic heterocycles. The molecule has 0 atom stereocenters. The van der Waals surface area contributed by atoms with Crippen LogP contribution in [0.25, 0.3) is 0 Å². The Balaban J connectivity index is 1.64. The highest BCUT2D eigenvalue weighted by Crippen LogP contribution is 2.20. The maximum atomic E-state index is 12.3. The van der Waals surface area contributed by atoms with Gasteiger partial charge in [-0.15, -0.1) is 11.3 Å². The summed E-state index contributed by atoms with van der Waals surface area (Å²) in [6.45, 7) is 0.389. The molecule has 0 saturated carbocycles. The molecule has 0 fully saturated rings. The zero-order valence-corrected chi connectivity index (χ0v) is 13.0. The number of aromatic nitrogens is 1. The monoisotopic (exact) mass is 322 g/mol. The lowest BCUT2D eigenvalue weighted by atomic mass is 10.1. The molecule has 1 aromatic carbocycles. The summed E-state index contributed by atoms with van der Waals surface area (Å²) in [7, 11) is 0. The van der Waals surface area contributed by atoms with E-state index < -0.39 is 0 Å². The third kappa shape index (κ3) is 3.70. The van der Waals surface area contributed by atoms with Crippen LogP contribution in [0, 0.1) is 0 Å². The Kier molecular flexibility index (Phi) is 4.59. The van der Waals surface area contributed by atoms with Crippen molar-refractivity contribution in [1.29, 1.82) is 0 Å². The molecule has 0 unspecified atom stereocenters. The van der Waals surface area contributed by atoms with E-state index >= 15 is 0 Å². The van der Waals surface area contributed by atoms with Gasteiger partial charge in [-0.25, -0.2) is 0 Å². The van der Waals surface area contributed by atoms with Gasteiger partial charge in [0, 0.05) is 22.8 Å². The highest BCUT2D eigenvalue weighted by molar-refractivity contribution is 7.14. The second-order valence-electron chi connectivity index (χ2n) is 4.89. The summed E-state index contributed by atoms with van der Waals surface area (Å²) in [5.41, 5.74) is 1.19. The molecule has 4 nitrogen and oxygen atoms in total. The van der Waals surface area contributed by atoms with E-state index in [0.717, 1.165) is 4.88 Å². The summed E-state index contributed by atoms with van der Waals surface area (Å²) < 4.78 is 0. The Hall–Kier alpha value is -2.79. The molecule has 0 spiro atoms. The van der Waals surface area contributed by atoms with Crippen molar-refractivity contribution in [2.45, 2.75) is 6.54 Å². The maximum Gasteiger partial charge on any atom is 0.253 e. The van der Waals surface area contributed by atoms with Crippen molar-refractivity contribution in [1.82, 2.24) is 10.3 Å². The standard InChI is InChI=1S/C18H14N2O2S/c21-17(13-5-2-1-3-6-13)16-9-8-15(23-16)12-20-18(22)14-7-4-10-19-11-14/h1-11H,12H2,(H,20,22). The third-order valence-corrected chi connectivity index (χ3v) is 4.35. The summed E-state index contributed by atoms with van der Waals surface area (Å²) in [6, 6.07) is 16.3. The summed E-state index contributed by atoms with van der Waals surface area (Å²) >= 11 is 1.39. The van der Waals surface area contributed by atoms with E-state index in [2.05, 4.69) is 10.3 Å². The van der Waals surface area contributed by atoms with Gasteiger partial charge >= 0.3 is 0 Å². The van der Waals surface area contributed by atoms with Gasteiger partial charge in [-0.05, 0) is 24.3 Å². The predicted molar refractivity (Wildman–Crippen MR) is 89.6 cm³/mol. The first-order valence-electron chi connectivity index (χ1n) is 7.11. The third-order valence-electron chi connectivity index (χ3n) is 3.27. The van der Waals surface area contributed by atoms with E-state index in [1.54, 1.807) is 36.5 Å². The number of thiophene rings is 1. The number of pyridine rings is 1. The summed E-state index contributed by atoms with van der Waals surface area (Å²) in [5, 5.41) is 2.83. The Labute approximate surface area is 137 Å². The van der Waals surface area contributed by atoms with Crippen molar-refractivity contribution in [2.24, 2.45) is 0 Å². The lowest BCUT2D eigenvalue weighted by molar-refractivity contribution is 0.0950. The van der Waals surface area contributed by atoms with Crippen molar-refractivity contribution in [3.05, 3.63) is 87.9 Å². The average Bonchev–Trinajstić information content (AvgIpc) is 3.09. The Morgan fingerprint density at radius 2 is 1.74 bits per heavy atom. The lowest BCUT2D eigenvalue weighted by Gasteiger charge is -2.02. The van der Waals surface area contributed by atoms with Crippen LogP contribution in [-0.4, -0.2) is 16.7 Å². The smallest absolute Gasteiger partial charge is 0.253 e. The second-order valence-corrected chi connectivity index (χ2v) is 6.05. The predicted octanol–water partition coefficient (Wildman–Crippen LogP) is 3.30. The van der Waals surface area contributed by atoms with Crippen LogP contribution in [0.1, 0.15) is 30.5 Å². The Morgan fingerprint density at radius 1 is 0.957 bits per heavy atom. The van der Waals surface area contributed by atoms with Crippen LogP contribution in [0.15, 0.2) is 67.0 Å². The first-order valence-corrected chi connectivity index (χ1v) is 7.92. The number of nitrogens with zero attached hydrogens (tertiary/aromatic N) is 1. The van der Waals surface area contributed by atoms with E-state index in [0.29, 0.717) is 22.5 Å². The Bertz CT molecular complexity index is 813. The number of carbonyl (C=O) groups is 2. The molecule has 1 N–H and O–H groups in total. The van der Waals surface area contributed by atoms with Gasteiger partial charge in [0.15, 0.2) is 0 Å². The molecule has 114 valence electrons. The molecule has 0 saturated heterocycles. The van der Waals surface area contributed by atoms with Crippen molar-refractivity contribution in [2.75, 3.05) is 0 Å². The van der Waals surface area contributed by atoms with Crippen LogP contribution in [0.3, 0.4) is 0 Å². The molecule has 0 radical (unpaired) electrons. The Morgan fingerprint density at radius 3 is 2.48 bits per heavy atom. The SMILES string of the molecule is O=C(NCc1ccc(C(=O)c2ccccc2)s1)c1cccnc1. The minimum atomic E-state index is -0.178. The number of nitrogens with one attached hydrogen (secondary N) is 1. The quantitative estimate of drug-likeness (QED) is 0.733. The molecular weight excluding hydrogens is 308 g/mol. The topological polar surface area (TPSA) is 59.1 Å². The molecule has 23 heavy (non-hydrogen) atoms. The van der Waals surface area contributed by atoms with Gasteiger partial charge in [0.2, 0.25) is 5.78 Å². The minimum Gasteiger partial charge on any atom is -0.347 e. The number of hydrogen-bond donors (Lipinski definition) is 1. The average molecular weight is 322 g/mol. The van der Waals surface area contributed by atoms with Gasteiger partial charge in [0.05, 0.1) is 17.0 Å². The van der Waals surface area contributed by atoms with Gasteiger partial charge in [-0.2, -0.15) is 0 Å². The highest BCUT2D eigenvalue weighted by atomic mass is 32.1. The summed E-state index contributed by atoms with van der Waals surface area (Å²) in [6.07, 6.45) is 3.14. The maximum absolute atomic E-state index is 12.3. The van der Waals surface area contributed by atoms with Crippen LogP contribution >= 0.6 is 11.3 Å². The van der Waals surface area contributed by atoms with Crippen molar-refractivity contribution in [3.8, 4) is 0 Å². The van der Waals surface area contributed by atoms with Crippen LogP contribution in [-0.2, 0) is 6.54 Å². The first kappa shape index (κ1) is 15.1. The molecule has 1 amide bonds. The number of hydrogen-bond acceptors (Lipinski definition) is 4. The number of rotatable bonds is 5. The first-order chi connectivity index (χ1) is 11.2. The van der Waals surface area contributed by atoms with Crippen LogP contribution < -0.4 is 5.32 Å². The van der Waals surface area contributed by atoms with E-state index in [-0.39, 0.29) is 11.7 Å². The fraction of sp³-hybridized carbons (Fsp3) is 0.0556. The zero-order valence-electron chi connectivity index (χ0n) is 12.2. The van der Waals surface area contributed by atoms with E-state index in [1.807, 2.05) is 24.3 Å². The largest absolute Gasteiger partial charge is 0.347 e. The molecule has 0 aliphatic carbocycles. The molecule has 0 bridgehead atoms. The molecular formula is C18H14N2O2S. The number of benzene rings is 1. The second kappa shape index (κ2) is 6.98. The van der Waals surface area contributed by atoms with E-state index in [9.17, 15) is 9.59 Å². The van der Waals surface area contributed by atoms with E-state index in [4.69, 9.17) is 0 Å². The molecule has 2 aromatic heterocycles. The fourth-order valence-electron chi connectivity index (χ4n) is 2.09. The van der Waals surface area contributed by atoms with Crippen molar-refractivity contribution in [3.63, 3.8) is 0 Å². The van der Waals surface area contributed by atoms with E-state index in [1.165, 1.54) is 17.5 Å². The van der Waals surface area contributed by atoms with Gasteiger partial charge < -0.3 is 5.32 Å². The van der Waals surface area contributed by atoms with Crippen LogP contribution in [0.4, 0.5) is 0 Å². The van der Waals surface area contributed by atoms with Gasteiger partial charge in [-0.3, -0.25) is 14.6 Å². The molecule has 0 aliphatic rings. The van der Waals surface area contributed by atoms with Gasteiger partial charge in [0.25, 0.3) is 5.91 Å². The molecule has 3 aromatic rings. The lowest BCUT2D eigenvalue weighted by Crippen LogP contribution is -2.22. The molecule has 2 heterocycles. The normalized spacial score (nSPS) is 10.3. The molecule has 3 rings (SSSR count). The van der Waals surface area contributed by atoms with Crippen molar-refractivity contribution >= 4 is 23.0 Å². The number of carbonyl (C=O) groups excluding carboxylic acids is 2. The van der Waals surface area contributed by atoms with Crippen LogP contribution in [0.2, 0.25) is 0 Å². The van der Waals surface area contributed by atoms with Gasteiger partial charge in [0.1, 0.15) is 0 Å². The van der Waals surface area contributed by atoms with Crippen LogP contribution in [0.5, 0.6) is 0 Å². The van der Waals surface area contributed by atoms with Crippen molar-refractivity contribution < 1.29 is 9.59 Å². The highest BCUT2D eigenvalue weighted by Gasteiger charge is 2.12. The fourth-order valence-corrected chi connectivity index (χ4v) is 3.00. The summed E-state index contributed by atoms with van der Waals surface area (Å²) in [5.74, 6) is -0.178.